The Morgan fingerprint density at radius 2 is 1.94 bits per heavy atom. The van der Waals surface area contributed by atoms with Crippen LogP contribution in [0.5, 0.6) is 0 Å². The molecule has 1 amide bonds. The van der Waals surface area contributed by atoms with Crippen molar-refractivity contribution in [3.8, 4) is 0 Å². The quantitative estimate of drug-likeness (QED) is 0.238. The molecule has 2 aromatic carbocycles. The van der Waals surface area contributed by atoms with Gasteiger partial charge in [-0.1, -0.05) is 23.5 Å². The molecule has 0 atom stereocenters. The molecule has 0 bridgehead atoms. The molecule has 0 radical (unpaired) electrons. The summed E-state index contributed by atoms with van der Waals surface area (Å²) in [6, 6.07) is 17.9. The van der Waals surface area contributed by atoms with E-state index in [-0.39, 0.29) is 18.1 Å². The van der Waals surface area contributed by atoms with Crippen molar-refractivity contribution in [1.82, 2.24) is 9.97 Å². The van der Waals surface area contributed by atoms with Crippen LogP contribution in [0.3, 0.4) is 0 Å². The smallest absolute Gasteiger partial charge is 0.270 e. The molecule has 0 unspecified atom stereocenters. The average molecular weight is 461 g/mol. The van der Waals surface area contributed by atoms with Crippen LogP contribution in [-0.4, -0.2) is 20.8 Å². The van der Waals surface area contributed by atoms with Gasteiger partial charge in [0.15, 0.2) is 5.13 Å². The lowest BCUT2D eigenvalue weighted by Gasteiger charge is -2.18. The molecule has 158 valence electrons. The number of nitro groups is 1. The number of hydrogen-bond donors (Lipinski definition) is 0. The third-order valence-electron chi connectivity index (χ3n) is 4.98. The largest absolute Gasteiger partial charge is 0.277 e. The molecule has 0 saturated carbocycles. The predicted molar refractivity (Wildman–Crippen MR) is 128 cm³/mol. The molecule has 0 N–H and O–H groups in total. The first-order chi connectivity index (χ1) is 15.5. The first-order valence-corrected chi connectivity index (χ1v) is 11.4. The van der Waals surface area contributed by atoms with E-state index in [1.807, 2.05) is 37.3 Å². The minimum atomic E-state index is -0.435. The Kier molecular flexibility index (Phi) is 5.12. The number of nitro benzene ring substituents is 1. The van der Waals surface area contributed by atoms with E-state index in [0.29, 0.717) is 15.4 Å². The van der Waals surface area contributed by atoms with Crippen LogP contribution in [0.15, 0.2) is 66.9 Å². The van der Waals surface area contributed by atoms with Crippen molar-refractivity contribution >= 4 is 59.7 Å². The van der Waals surface area contributed by atoms with Crippen molar-refractivity contribution in [3.05, 3.63) is 93.1 Å². The van der Waals surface area contributed by atoms with E-state index in [4.69, 9.17) is 4.98 Å². The SMILES string of the molecule is Cc1ccc2nc(N(Cc3ccccn3)C(=O)c3cc4cc([N+](=O)[O-])ccc4s3)sc2c1. The first-order valence-electron chi connectivity index (χ1n) is 9.75. The zero-order valence-electron chi connectivity index (χ0n) is 16.9. The van der Waals surface area contributed by atoms with Crippen LogP contribution in [0.4, 0.5) is 10.8 Å². The molecular formula is C23H16N4O3S2. The fourth-order valence-electron chi connectivity index (χ4n) is 3.40. The fraction of sp³-hybridized carbons (Fsp3) is 0.0870. The van der Waals surface area contributed by atoms with E-state index in [1.165, 1.54) is 34.8 Å². The van der Waals surface area contributed by atoms with Gasteiger partial charge in [0.1, 0.15) is 0 Å². The number of aryl methyl sites for hydroxylation is 1. The van der Waals surface area contributed by atoms with Gasteiger partial charge >= 0.3 is 0 Å². The molecule has 0 aliphatic heterocycles. The van der Waals surface area contributed by atoms with Gasteiger partial charge in [0.25, 0.3) is 11.6 Å². The molecule has 32 heavy (non-hydrogen) atoms. The lowest BCUT2D eigenvalue weighted by molar-refractivity contribution is -0.384. The van der Waals surface area contributed by atoms with E-state index in [2.05, 4.69) is 11.1 Å². The average Bonchev–Trinajstić information content (AvgIpc) is 3.40. The molecule has 3 aromatic heterocycles. The third kappa shape index (κ3) is 3.83. The number of anilines is 1. The van der Waals surface area contributed by atoms with E-state index in [0.717, 1.165) is 26.2 Å². The lowest BCUT2D eigenvalue weighted by Crippen LogP contribution is -2.30. The summed E-state index contributed by atoms with van der Waals surface area (Å²) in [7, 11) is 0. The maximum Gasteiger partial charge on any atom is 0.270 e. The van der Waals surface area contributed by atoms with Crippen LogP contribution in [0.2, 0.25) is 0 Å². The van der Waals surface area contributed by atoms with Crippen LogP contribution in [0.25, 0.3) is 20.3 Å². The van der Waals surface area contributed by atoms with Gasteiger partial charge in [-0.3, -0.25) is 24.8 Å². The first kappa shape index (κ1) is 20.2. The van der Waals surface area contributed by atoms with Crippen LogP contribution >= 0.6 is 22.7 Å². The summed E-state index contributed by atoms with van der Waals surface area (Å²) in [4.78, 5) is 35.5. The maximum atomic E-state index is 13.6. The van der Waals surface area contributed by atoms with E-state index >= 15 is 0 Å². The van der Waals surface area contributed by atoms with E-state index in [1.54, 1.807) is 23.2 Å². The number of thiazole rings is 1. The Bertz CT molecular complexity index is 1480. The van der Waals surface area contributed by atoms with Crippen molar-refractivity contribution < 1.29 is 9.72 Å². The number of non-ortho nitro benzene ring substituents is 1. The standard InChI is InChI=1S/C23H16N4O3S2/c1-14-5-7-18-20(10-14)32-23(25-18)26(13-16-4-2-3-9-24-16)22(28)21-12-15-11-17(27(29)30)6-8-19(15)31-21/h2-12H,13H2,1H3. The van der Waals surface area contributed by atoms with Crippen molar-refractivity contribution in [1.29, 1.82) is 0 Å². The van der Waals surface area contributed by atoms with Gasteiger partial charge in [-0.05, 0) is 48.9 Å². The van der Waals surface area contributed by atoms with Gasteiger partial charge < -0.3 is 0 Å². The zero-order valence-corrected chi connectivity index (χ0v) is 18.5. The van der Waals surface area contributed by atoms with E-state index in [9.17, 15) is 14.9 Å². The van der Waals surface area contributed by atoms with Crippen molar-refractivity contribution in [2.45, 2.75) is 13.5 Å². The topological polar surface area (TPSA) is 89.2 Å². The van der Waals surface area contributed by atoms with E-state index < -0.39 is 4.92 Å². The highest BCUT2D eigenvalue weighted by atomic mass is 32.1. The third-order valence-corrected chi connectivity index (χ3v) is 7.12. The highest BCUT2D eigenvalue weighted by Gasteiger charge is 2.24. The molecule has 5 rings (SSSR count). The monoisotopic (exact) mass is 460 g/mol. The van der Waals surface area contributed by atoms with Gasteiger partial charge in [0.2, 0.25) is 0 Å². The van der Waals surface area contributed by atoms with Gasteiger partial charge in [-0.2, -0.15) is 0 Å². The Morgan fingerprint density at radius 1 is 1.06 bits per heavy atom. The Labute approximate surface area is 190 Å². The summed E-state index contributed by atoms with van der Waals surface area (Å²) in [5.41, 5.74) is 2.71. The Morgan fingerprint density at radius 3 is 2.72 bits per heavy atom. The number of fused-ring (bicyclic) bond motifs is 2. The molecule has 5 aromatic rings. The number of thiophene rings is 1. The number of pyridine rings is 1. The number of benzene rings is 2. The van der Waals surface area contributed by atoms with Crippen molar-refractivity contribution in [3.63, 3.8) is 0 Å². The molecule has 9 heteroatoms. The number of amides is 1. The van der Waals surface area contributed by atoms with Crippen molar-refractivity contribution in [2.24, 2.45) is 0 Å². The predicted octanol–water partition coefficient (Wildman–Crippen LogP) is 5.97. The normalized spacial score (nSPS) is 11.2. The molecule has 0 fully saturated rings. The summed E-state index contributed by atoms with van der Waals surface area (Å²) in [5.74, 6) is -0.213. The minimum Gasteiger partial charge on any atom is -0.277 e. The number of aromatic nitrogens is 2. The van der Waals surface area contributed by atoms with Gasteiger partial charge in [-0.25, -0.2) is 4.98 Å². The van der Waals surface area contributed by atoms with Crippen LogP contribution in [0.1, 0.15) is 20.9 Å². The van der Waals surface area contributed by atoms with Gasteiger partial charge in [-0.15, -0.1) is 11.3 Å². The number of rotatable bonds is 5. The second-order valence-electron chi connectivity index (χ2n) is 7.27. The molecule has 0 spiro atoms. The molecule has 0 aliphatic carbocycles. The summed E-state index contributed by atoms with van der Waals surface area (Å²) in [6.07, 6.45) is 1.69. The van der Waals surface area contributed by atoms with Crippen LogP contribution in [-0.2, 0) is 6.54 Å². The summed E-state index contributed by atoms with van der Waals surface area (Å²) >= 11 is 2.77. The maximum absolute atomic E-state index is 13.6. The number of carbonyl (C=O) groups is 1. The van der Waals surface area contributed by atoms with Crippen molar-refractivity contribution in [2.75, 3.05) is 4.90 Å². The highest BCUT2D eigenvalue weighted by molar-refractivity contribution is 7.23. The molecule has 7 nitrogen and oxygen atoms in total. The second kappa shape index (κ2) is 8.10. The number of carbonyl (C=O) groups excluding carboxylic acids is 1. The number of nitrogens with zero attached hydrogens (tertiary/aromatic N) is 4. The van der Waals surface area contributed by atoms with Gasteiger partial charge in [0, 0.05) is 28.4 Å². The minimum absolute atomic E-state index is 0.00110. The number of hydrogen-bond acceptors (Lipinski definition) is 7. The summed E-state index contributed by atoms with van der Waals surface area (Å²) in [6.45, 7) is 2.29. The summed E-state index contributed by atoms with van der Waals surface area (Å²) < 4.78 is 1.82. The lowest BCUT2D eigenvalue weighted by atomic mass is 10.2. The fourth-order valence-corrected chi connectivity index (χ4v) is 5.45. The highest BCUT2D eigenvalue weighted by Crippen LogP contribution is 2.34. The molecule has 3 heterocycles. The van der Waals surface area contributed by atoms with Crippen LogP contribution < -0.4 is 4.90 Å². The Hall–Kier alpha value is -3.69. The molecule has 0 saturated heterocycles. The van der Waals surface area contributed by atoms with Gasteiger partial charge in [0.05, 0.1) is 32.3 Å². The second-order valence-corrected chi connectivity index (χ2v) is 9.36. The zero-order chi connectivity index (χ0) is 22.2. The molecular weight excluding hydrogens is 444 g/mol. The Balaban J connectivity index is 1.58. The molecule has 0 aliphatic rings. The van der Waals surface area contributed by atoms with Crippen LogP contribution in [0, 0.1) is 17.0 Å². The summed E-state index contributed by atoms with van der Waals surface area (Å²) in [5, 5.41) is 12.4.